The van der Waals surface area contributed by atoms with E-state index >= 15 is 0 Å². The van der Waals surface area contributed by atoms with Crippen LogP contribution in [0.1, 0.15) is 41.3 Å². The molecule has 1 aliphatic carbocycles. The van der Waals surface area contributed by atoms with Crippen molar-refractivity contribution in [2.45, 2.75) is 44.7 Å². The molecule has 2 heterocycles. The molecular formula is C17H18ClN5O2S. The molecule has 0 saturated heterocycles. The van der Waals surface area contributed by atoms with Crippen molar-refractivity contribution in [1.82, 2.24) is 19.6 Å². The molecule has 9 heteroatoms. The largest absolute Gasteiger partial charge is 0.299 e. The number of rotatable bonds is 4. The van der Waals surface area contributed by atoms with Crippen LogP contribution in [0.5, 0.6) is 0 Å². The number of aromatic nitrogens is 4. The Morgan fingerprint density at radius 2 is 1.92 bits per heavy atom. The van der Waals surface area contributed by atoms with Gasteiger partial charge in [0, 0.05) is 16.6 Å². The number of hydrogen-bond acceptors (Lipinski definition) is 5. The third-order valence-electron chi connectivity index (χ3n) is 4.53. The lowest BCUT2D eigenvalue weighted by atomic mass is 10.1. The maximum Gasteiger partial charge on any atom is 0.299 e. The van der Waals surface area contributed by atoms with Crippen molar-refractivity contribution in [3.63, 3.8) is 0 Å². The molecule has 0 spiro atoms. The summed E-state index contributed by atoms with van der Waals surface area (Å²) in [7, 11) is -3.96. The molecule has 0 bridgehead atoms. The van der Waals surface area contributed by atoms with E-state index in [9.17, 15) is 8.42 Å². The first-order chi connectivity index (χ1) is 12.3. The van der Waals surface area contributed by atoms with E-state index in [1.54, 1.807) is 19.1 Å². The zero-order chi connectivity index (χ0) is 18.6. The molecule has 0 radical (unpaired) electrons. The average Bonchev–Trinajstić information content (AvgIpc) is 3.33. The van der Waals surface area contributed by atoms with E-state index in [-0.39, 0.29) is 5.16 Å². The monoisotopic (exact) mass is 391 g/mol. The molecule has 26 heavy (non-hydrogen) atoms. The lowest BCUT2D eigenvalue weighted by molar-refractivity contribution is 0.591. The van der Waals surface area contributed by atoms with Crippen LogP contribution in [0.25, 0.3) is 5.78 Å². The number of hydrogen-bond donors (Lipinski definition) is 1. The maximum absolute atomic E-state index is 12.8. The summed E-state index contributed by atoms with van der Waals surface area (Å²) in [6, 6.07) is 5.44. The van der Waals surface area contributed by atoms with Crippen molar-refractivity contribution in [3.8, 4) is 0 Å². The van der Waals surface area contributed by atoms with Gasteiger partial charge in [-0.15, -0.1) is 5.10 Å². The molecule has 1 aliphatic rings. The summed E-state index contributed by atoms with van der Waals surface area (Å²) in [5, 5.41) is 4.42. The van der Waals surface area contributed by atoms with E-state index in [1.807, 2.05) is 19.9 Å². The van der Waals surface area contributed by atoms with Gasteiger partial charge >= 0.3 is 0 Å². The molecule has 1 N–H and O–H groups in total. The van der Waals surface area contributed by atoms with Crippen molar-refractivity contribution in [3.05, 3.63) is 45.7 Å². The highest BCUT2D eigenvalue weighted by molar-refractivity contribution is 7.92. The van der Waals surface area contributed by atoms with Crippen LogP contribution in [0, 0.1) is 20.8 Å². The van der Waals surface area contributed by atoms with Crippen molar-refractivity contribution in [2.75, 3.05) is 4.72 Å². The number of fused-ring (bicyclic) bond motifs is 1. The SMILES string of the molecule is Cc1cc(C2CC2)n2nc(S(=O)(=O)Nc3c(C)ccc(Cl)c3C)nc2n1. The second-order valence-corrected chi connectivity index (χ2v) is 8.66. The number of aryl methyl sites for hydroxylation is 2. The Bertz CT molecular complexity index is 1140. The lowest BCUT2D eigenvalue weighted by Crippen LogP contribution is -2.16. The zero-order valence-electron chi connectivity index (χ0n) is 14.6. The number of halogens is 1. The van der Waals surface area contributed by atoms with Gasteiger partial charge in [-0.3, -0.25) is 4.72 Å². The molecule has 2 aromatic heterocycles. The highest BCUT2D eigenvalue weighted by Crippen LogP contribution is 2.40. The summed E-state index contributed by atoms with van der Waals surface area (Å²) in [6.07, 6.45) is 2.14. The number of anilines is 1. The van der Waals surface area contributed by atoms with E-state index in [0.717, 1.165) is 29.8 Å². The summed E-state index contributed by atoms with van der Waals surface area (Å²) in [4.78, 5) is 8.46. The summed E-state index contributed by atoms with van der Waals surface area (Å²) >= 11 is 6.12. The Morgan fingerprint density at radius 1 is 1.19 bits per heavy atom. The molecule has 0 unspecified atom stereocenters. The molecule has 1 fully saturated rings. The number of benzene rings is 1. The van der Waals surface area contributed by atoms with Gasteiger partial charge in [-0.1, -0.05) is 17.7 Å². The summed E-state index contributed by atoms with van der Waals surface area (Å²) in [6.45, 7) is 5.44. The minimum atomic E-state index is -3.96. The number of sulfonamides is 1. The van der Waals surface area contributed by atoms with Crippen LogP contribution in [0.3, 0.4) is 0 Å². The van der Waals surface area contributed by atoms with Gasteiger partial charge in [0.05, 0.1) is 11.4 Å². The Hall–Kier alpha value is -2.19. The normalized spacial score (nSPS) is 14.8. The fraction of sp³-hybridized carbons (Fsp3) is 0.353. The Morgan fingerprint density at radius 3 is 2.62 bits per heavy atom. The van der Waals surface area contributed by atoms with E-state index in [2.05, 4.69) is 19.8 Å². The minimum Gasteiger partial charge on any atom is -0.276 e. The molecule has 7 nitrogen and oxygen atoms in total. The standard InChI is InChI=1S/C17H18ClN5O2S/c1-9-4-7-13(18)11(3)15(9)22-26(24,25)17-20-16-19-10(2)8-14(12-5-6-12)23(16)21-17/h4,7-8,12,22H,5-6H2,1-3H3. The van der Waals surface area contributed by atoms with Gasteiger partial charge in [0.2, 0.25) is 0 Å². The van der Waals surface area contributed by atoms with Gasteiger partial charge in [0.15, 0.2) is 0 Å². The van der Waals surface area contributed by atoms with Crippen LogP contribution < -0.4 is 4.72 Å². The fourth-order valence-electron chi connectivity index (χ4n) is 2.94. The smallest absolute Gasteiger partial charge is 0.276 e. The Labute approximate surface area is 156 Å². The summed E-state index contributed by atoms with van der Waals surface area (Å²) < 4.78 is 29.8. The first-order valence-corrected chi connectivity index (χ1v) is 10.2. The van der Waals surface area contributed by atoms with Crippen LogP contribution in [-0.2, 0) is 10.0 Å². The van der Waals surface area contributed by atoms with Crippen molar-refractivity contribution in [2.24, 2.45) is 0 Å². The van der Waals surface area contributed by atoms with Gasteiger partial charge in [0.1, 0.15) is 0 Å². The van der Waals surface area contributed by atoms with Crippen LogP contribution in [0.15, 0.2) is 23.4 Å². The van der Waals surface area contributed by atoms with Gasteiger partial charge in [-0.25, -0.2) is 4.98 Å². The Balaban J connectivity index is 1.80. The number of nitrogens with zero attached hydrogens (tertiary/aromatic N) is 4. The third-order valence-corrected chi connectivity index (χ3v) is 6.06. The van der Waals surface area contributed by atoms with Crippen molar-refractivity contribution in [1.29, 1.82) is 0 Å². The molecule has 4 rings (SSSR count). The first-order valence-electron chi connectivity index (χ1n) is 8.29. The van der Waals surface area contributed by atoms with Gasteiger partial charge in [0.25, 0.3) is 21.0 Å². The summed E-state index contributed by atoms with van der Waals surface area (Å²) in [5.74, 6) is 0.689. The van der Waals surface area contributed by atoms with Crippen LogP contribution >= 0.6 is 11.6 Å². The van der Waals surface area contributed by atoms with E-state index in [1.165, 1.54) is 4.52 Å². The molecule has 1 aromatic carbocycles. The lowest BCUT2D eigenvalue weighted by Gasteiger charge is -2.12. The zero-order valence-corrected chi connectivity index (χ0v) is 16.2. The van der Waals surface area contributed by atoms with Gasteiger partial charge in [-0.05, 0) is 56.9 Å². The molecule has 0 atom stereocenters. The van der Waals surface area contributed by atoms with Gasteiger partial charge in [-0.2, -0.15) is 17.9 Å². The van der Waals surface area contributed by atoms with E-state index in [4.69, 9.17) is 11.6 Å². The minimum absolute atomic E-state index is 0.295. The predicted molar refractivity (Wildman–Crippen MR) is 99.2 cm³/mol. The predicted octanol–water partition coefficient (Wildman–Crippen LogP) is 3.38. The second-order valence-electron chi connectivity index (χ2n) is 6.67. The first kappa shape index (κ1) is 17.2. The van der Waals surface area contributed by atoms with Crippen LogP contribution in [0.2, 0.25) is 5.02 Å². The second kappa shape index (κ2) is 5.92. The molecule has 1 saturated carbocycles. The summed E-state index contributed by atoms with van der Waals surface area (Å²) in [5.41, 5.74) is 3.63. The van der Waals surface area contributed by atoms with Gasteiger partial charge < -0.3 is 0 Å². The topological polar surface area (TPSA) is 89.3 Å². The third kappa shape index (κ3) is 2.93. The molecular weight excluding hydrogens is 374 g/mol. The fourth-order valence-corrected chi connectivity index (χ4v) is 4.16. The van der Waals surface area contributed by atoms with Crippen LogP contribution in [-0.4, -0.2) is 28.0 Å². The molecule has 0 amide bonds. The quantitative estimate of drug-likeness (QED) is 0.736. The maximum atomic E-state index is 12.8. The average molecular weight is 392 g/mol. The highest BCUT2D eigenvalue weighted by atomic mass is 35.5. The molecule has 136 valence electrons. The number of nitrogens with one attached hydrogen (secondary N) is 1. The highest BCUT2D eigenvalue weighted by Gasteiger charge is 2.30. The van der Waals surface area contributed by atoms with E-state index < -0.39 is 10.0 Å². The van der Waals surface area contributed by atoms with Crippen molar-refractivity contribution < 1.29 is 8.42 Å². The van der Waals surface area contributed by atoms with Crippen LogP contribution in [0.4, 0.5) is 5.69 Å². The Kier molecular flexibility index (Phi) is 3.92. The van der Waals surface area contributed by atoms with Crippen molar-refractivity contribution >= 4 is 33.1 Å². The molecule has 3 aromatic rings. The van der Waals surface area contributed by atoms with E-state index in [0.29, 0.717) is 28.0 Å². The molecule has 0 aliphatic heterocycles.